The first kappa shape index (κ1) is 14.5. The maximum Gasteiger partial charge on any atom is 0.314 e. The zero-order chi connectivity index (χ0) is 14.5. The van der Waals surface area contributed by atoms with Gasteiger partial charge in [-0.1, -0.05) is 18.2 Å². The maximum atomic E-state index is 11.8. The average Bonchev–Trinajstić information content (AvgIpc) is 2.81. The van der Waals surface area contributed by atoms with Gasteiger partial charge in [0, 0.05) is 18.1 Å². The van der Waals surface area contributed by atoms with E-state index in [1.54, 1.807) is 0 Å². The number of esters is 1. The summed E-state index contributed by atoms with van der Waals surface area (Å²) in [6, 6.07) is 9.77. The van der Waals surface area contributed by atoms with Crippen LogP contribution >= 0.6 is 11.3 Å². The summed E-state index contributed by atoms with van der Waals surface area (Å²) in [6.07, 6.45) is 0. The van der Waals surface area contributed by atoms with E-state index in [1.165, 1.54) is 11.3 Å². The monoisotopic (exact) mass is 290 g/mol. The number of benzene rings is 1. The molecular formula is C15H18N2O2S. The minimum absolute atomic E-state index is 0.202. The van der Waals surface area contributed by atoms with Crippen LogP contribution < -0.4 is 4.80 Å². The van der Waals surface area contributed by atoms with E-state index in [4.69, 9.17) is 4.74 Å². The van der Waals surface area contributed by atoms with Crippen LogP contribution in [0.3, 0.4) is 0 Å². The molecule has 106 valence electrons. The predicted molar refractivity (Wildman–Crippen MR) is 80.0 cm³/mol. The van der Waals surface area contributed by atoms with Crippen LogP contribution in [-0.2, 0) is 16.6 Å². The quantitative estimate of drug-likeness (QED) is 0.812. The highest BCUT2D eigenvalue weighted by atomic mass is 32.1. The summed E-state index contributed by atoms with van der Waals surface area (Å²) in [7, 11) is 1.92. The van der Waals surface area contributed by atoms with Crippen LogP contribution in [0.15, 0.2) is 40.7 Å². The first-order chi connectivity index (χ1) is 9.63. The second-order valence-electron chi connectivity index (χ2n) is 4.42. The van der Waals surface area contributed by atoms with Gasteiger partial charge in [0.25, 0.3) is 0 Å². The number of hydrogen-bond acceptors (Lipinski definition) is 4. The molecule has 1 heterocycles. The Morgan fingerprint density at radius 3 is 2.75 bits per heavy atom. The molecule has 0 saturated carbocycles. The summed E-state index contributed by atoms with van der Waals surface area (Å²) in [5.74, 6) is -0.483. The number of hydrogen-bond donors (Lipinski definition) is 0. The van der Waals surface area contributed by atoms with E-state index >= 15 is 0 Å². The molecule has 1 aromatic carbocycles. The van der Waals surface area contributed by atoms with Crippen molar-refractivity contribution < 1.29 is 9.53 Å². The van der Waals surface area contributed by atoms with Gasteiger partial charge in [0.05, 0.1) is 18.2 Å². The van der Waals surface area contributed by atoms with Crippen LogP contribution in [0.25, 0.3) is 0 Å². The van der Waals surface area contributed by atoms with Crippen LogP contribution in [0.1, 0.15) is 25.5 Å². The summed E-state index contributed by atoms with van der Waals surface area (Å²) in [5.41, 5.74) is 1.82. The Morgan fingerprint density at radius 1 is 1.40 bits per heavy atom. The highest BCUT2D eigenvalue weighted by Gasteiger charge is 2.19. The number of thiazole rings is 1. The average molecular weight is 290 g/mol. The first-order valence-electron chi connectivity index (χ1n) is 6.54. The number of carbonyl (C=O) groups is 1. The molecule has 5 heteroatoms. The lowest BCUT2D eigenvalue weighted by atomic mass is 10.1. The molecule has 1 atom stereocenters. The van der Waals surface area contributed by atoms with Crippen LogP contribution in [0.5, 0.6) is 0 Å². The van der Waals surface area contributed by atoms with Gasteiger partial charge in [-0.15, -0.1) is 11.3 Å². The van der Waals surface area contributed by atoms with Crippen molar-refractivity contribution in [1.29, 1.82) is 0 Å². The second kappa shape index (κ2) is 6.52. The Morgan fingerprint density at radius 2 is 2.10 bits per heavy atom. The van der Waals surface area contributed by atoms with Crippen molar-refractivity contribution in [2.75, 3.05) is 6.61 Å². The van der Waals surface area contributed by atoms with Crippen molar-refractivity contribution in [3.8, 4) is 0 Å². The third kappa shape index (κ3) is 3.17. The molecule has 0 amide bonds. The standard InChI is InChI=1S/C15H18N2O2S/c1-4-19-14(18)11(2)13-10-20-15(17(13)3)16-12-8-6-5-7-9-12/h5-11H,4H2,1-3H3/b16-15+. The summed E-state index contributed by atoms with van der Waals surface area (Å²) in [6.45, 7) is 4.07. The Balaban J connectivity index is 2.32. The van der Waals surface area contributed by atoms with Crippen LogP contribution in [0.4, 0.5) is 5.69 Å². The second-order valence-corrected chi connectivity index (χ2v) is 5.26. The molecule has 0 aliphatic heterocycles. The molecule has 0 saturated heterocycles. The van der Waals surface area contributed by atoms with Gasteiger partial charge in [0.1, 0.15) is 0 Å². The lowest BCUT2D eigenvalue weighted by Gasteiger charge is -2.10. The lowest BCUT2D eigenvalue weighted by molar-refractivity contribution is -0.144. The third-order valence-corrected chi connectivity index (χ3v) is 3.96. The zero-order valence-corrected chi connectivity index (χ0v) is 12.7. The van der Waals surface area contributed by atoms with Crippen molar-refractivity contribution in [3.05, 3.63) is 46.2 Å². The highest BCUT2D eigenvalue weighted by molar-refractivity contribution is 7.07. The Hall–Kier alpha value is -1.88. The molecule has 0 bridgehead atoms. The minimum atomic E-state index is -0.282. The van der Waals surface area contributed by atoms with Gasteiger partial charge in [0.15, 0.2) is 4.80 Å². The van der Waals surface area contributed by atoms with Crippen LogP contribution in [-0.4, -0.2) is 17.1 Å². The number of carbonyl (C=O) groups excluding carboxylic acids is 1. The fourth-order valence-corrected chi connectivity index (χ4v) is 2.89. The molecular weight excluding hydrogens is 272 g/mol. The number of aromatic nitrogens is 1. The van der Waals surface area contributed by atoms with Crippen molar-refractivity contribution in [2.24, 2.45) is 12.0 Å². The maximum absolute atomic E-state index is 11.8. The van der Waals surface area contributed by atoms with Crippen molar-refractivity contribution in [1.82, 2.24) is 4.57 Å². The number of ether oxygens (including phenoxy) is 1. The first-order valence-corrected chi connectivity index (χ1v) is 7.42. The SMILES string of the molecule is CCOC(=O)C(C)c1cs/c(=N/c2ccccc2)n1C. The third-order valence-electron chi connectivity index (χ3n) is 3.02. The van der Waals surface area contributed by atoms with Gasteiger partial charge in [-0.25, -0.2) is 4.99 Å². The van der Waals surface area contributed by atoms with E-state index in [-0.39, 0.29) is 11.9 Å². The topological polar surface area (TPSA) is 43.6 Å². The van der Waals surface area contributed by atoms with Gasteiger partial charge < -0.3 is 9.30 Å². The van der Waals surface area contributed by atoms with Crippen molar-refractivity contribution in [2.45, 2.75) is 19.8 Å². The molecule has 0 aliphatic carbocycles. The van der Waals surface area contributed by atoms with Crippen LogP contribution in [0, 0.1) is 0 Å². The normalized spacial score (nSPS) is 13.2. The molecule has 0 fully saturated rings. The molecule has 2 rings (SSSR count). The molecule has 1 unspecified atom stereocenters. The van der Waals surface area contributed by atoms with E-state index < -0.39 is 0 Å². The predicted octanol–water partition coefficient (Wildman–Crippen LogP) is 2.99. The zero-order valence-electron chi connectivity index (χ0n) is 11.9. The van der Waals surface area contributed by atoms with Crippen molar-refractivity contribution in [3.63, 3.8) is 0 Å². The molecule has 4 nitrogen and oxygen atoms in total. The number of para-hydroxylation sites is 1. The fraction of sp³-hybridized carbons (Fsp3) is 0.333. The minimum Gasteiger partial charge on any atom is -0.465 e. The molecule has 2 aromatic rings. The van der Waals surface area contributed by atoms with Gasteiger partial charge in [-0.05, 0) is 26.0 Å². The lowest BCUT2D eigenvalue weighted by Crippen LogP contribution is -2.20. The van der Waals surface area contributed by atoms with Crippen LogP contribution in [0.2, 0.25) is 0 Å². The molecule has 0 N–H and O–H groups in total. The molecule has 0 spiro atoms. The summed E-state index contributed by atoms with van der Waals surface area (Å²) in [4.78, 5) is 17.2. The largest absolute Gasteiger partial charge is 0.465 e. The molecule has 1 aromatic heterocycles. The van der Waals surface area contributed by atoms with Gasteiger partial charge in [0.2, 0.25) is 0 Å². The number of nitrogens with zero attached hydrogens (tertiary/aromatic N) is 2. The van der Waals surface area contributed by atoms with Gasteiger partial charge >= 0.3 is 5.97 Å². The Bertz CT molecular complexity index is 643. The van der Waals surface area contributed by atoms with Gasteiger partial charge in [-0.3, -0.25) is 4.79 Å². The van der Waals surface area contributed by atoms with E-state index in [0.29, 0.717) is 6.61 Å². The van der Waals surface area contributed by atoms with E-state index in [9.17, 15) is 4.79 Å². The highest BCUT2D eigenvalue weighted by Crippen LogP contribution is 2.17. The Kier molecular flexibility index (Phi) is 4.74. The van der Waals surface area contributed by atoms with Crippen molar-refractivity contribution >= 4 is 23.0 Å². The smallest absolute Gasteiger partial charge is 0.314 e. The van der Waals surface area contributed by atoms with E-state index in [0.717, 1.165) is 16.2 Å². The molecule has 0 radical (unpaired) electrons. The fourth-order valence-electron chi connectivity index (χ4n) is 1.88. The Labute approximate surface area is 122 Å². The van der Waals surface area contributed by atoms with E-state index in [1.807, 2.05) is 61.2 Å². The number of rotatable bonds is 4. The summed E-state index contributed by atoms with van der Waals surface area (Å²) in [5, 5.41) is 1.96. The summed E-state index contributed by atoms with van der Waals surface area (Å²) >= 11 is 1.52. The molecule has 0 aliphatic rings. The molecule has 20 heavy (non-hydrogen) atoms. The summed E-state index contributed by atoms with van der Waals surface area (Å²) < 4.78 is 7.01. The van der Waals surface area contributed by atoms with E-state index in [2.05, 4.69) is 4.99 Å². The van der Waals surface area contributed by atoms with Gasteiger partial charge in [-0.2, -0.15) is 0 Å².